The van der Waals surface area contributed by atoms with E-state index in [1.165, 1.54) is 6.26 Å². The standard InChI is InChI=1S/C14H29NO3S/c1-8-15-12(10(2)19(7,16)17)11-9-13(3,4)18-14(11,5)6/h10-12,15H,8-9H2,1-7H3. The van der Waals surface area contributed by atoms with Gasteiger partial charge in [-0.3, -0.25) is 0 Å². The van der Waals surface area contributed by atoms with E-state index in [0.29, 0.717) is 0 Å². The number of rotatable bonds is 5. The van der Waals surface area contributed by atoms with Crippen LogP contribution < -0.4 is 5.32 Å². The normalized spacial score (nSPS) is 29.1. The first-order valence-corrected chi connectivity index (χ1v) is 8.98. The summed E-state index contributed by atoms with van der Waals surface area (Å²) < 4.78 is 29.9. The lowest BCUT2D eigenvalue weighted by Crippen LogP contribution is -2.52. The number of hydrogen-bond acceptors (Lipinski definition) is 4. The molecular formula is C14H29NO3S. The van der Waals surface area contributed by atoms with E-state index in [2.05, 4.69) is 33.0 Å². The van der Waals surface area contributed by atoms with E-state index in [-0.39, 0.29) is 23.2 Å². The molecule has 0 saturated carbocycles. The van der Waals surface area contributed by atoms with E-state index >= 15 is 0 Å². The molecule has 0 radical (unpaired) electrons. The van der Waals surface area contributed by atoms with Gasteiger partial charge in [0.2, 0.25) is 0 Å². The molecular weight excluding hydrogens is 262 g/mol. The third-order valence-corrected chi connectivity index (χ3v) is 5.84. The van der Waals surface area contributed by atoms with Crippen molar-refractivity contribution >= 4 is 9.84 Å². The molecule has 3 unspecified atom stereocenters. The van der Waals surface area contributed by atoms with Crippen molar-refractivity contribution in [3.8, 4) is 0 Å². The van der Waals surface area contributed by atoms with Crippen molar-refractivity contribution in [2.45, 2.75) is 70.5 Å². The van der Waals surface area contributed by atoms with Crippen LogP contribution in [0, 0.1) is 5.92 Å². The molecule has 19 heavy (non-hydrogen) atoms. The van der Waals surface area contributed by atoms with Gasteiger partial charge in [0, 0.05) is 18.2 Å². The number of hydrogen-bond donors (Lipinski definition) is 1. The fourth-order valence-corrected chi connectivity index (χ4v) is 4.12. The van der Waals surface area contributed by atoms with Crippen molar-refractivity contribution < 1.29 is 13.2 Å². The maximum atomic E-state index is 11.9. The van der Waals surface area contributed by atoms with Crippen LogP contribution in [0.15, 0.2) is 0 Å². The number of nitrogens with one attached hydrogen (secondary N) is 1. The van der Waals surface area contributed by atoms with Crippen LogP contribution in [0.3, 0.4) is 0 Å². The van der Waals surface area contributed by atoms with E-state index < -0.39 is 15.1 Å². The highest BCUT2D eigenvalue weighted by Gasteiger charge is 2.51. The summed E-state index contributed by atoms with van der Waals surface area (Å²) in [6, 6.07) is -0.0724. The zero-order valence-corrected chi connectivity index (χ0v) is 14.1. The minimum absolute atomic E-state index is 0.0724. The fourth-order valence-electron chi connectivity index (χ4n) is 3.30. The van der Waals surface area contributed by atoms with Crippen LogP contribution >= 0.6 is 0 Å². The van der Waals surface area contributed by atoms with Crippen LogP contribution in [0.2, 0.25) is 0 Å². The van der Waals surface area contributed by atoms with Crippen LogP contribution in [0.1, 0.15) is 48.0 Å². The van der Waals surface area contributed by atoms with Gasteiger partial charge in [0.25, 0.3) is 0 Å². The van der Waals surface area contributed by atoms with Gasteiger partial charge in [0.15, 0.2) is 9.84 Å². The molecule has 0 aliphatic carbocycles. The molecule has 0 aromatic carbocycles. The molecule has 0 aromatic rings. The van der Waals surface area contributed by atoms with Crippen molar-refractivity contribution in [1.82, 2.24) is 5.32 Å². The molecule has 0 aromatic heterocycles. The molecule has 114 valence electrons. The summed E-state index contributed by atoms with van der Waals surface area (Å²) in [6.07, 6.45) is 2.19. The fraction of sp³-hybridized carbons (Fsp3) is 1.00. The highest BCUT2D eigenvalue weighted by Crippen LogP contribution is 2.44. The predicted octanol–water partition coefficient (Wildman–Crippen LogP) is 1.99. The summed E-state index contributed by atoms with van der Waals surface area (Å²) in [6.45, 7) is 12.8. The average Bonchev–Trinajstić information content (AvgIpc) is 2.40. The van der Waals surface area contributed by atoms with Gasteiger partial charge in [-0.15, -0.1) is 0 Å². The Kier molecular flexibility index (Phi) is 4.75. The van der Waals surface area contributed by atoms with Crippen molar-refractivity contribution in [2.75, 3.05) is 12.8 Å². The molecule has 1 N–H and O–H groups in total. The summed E-state index contributed by atoms with van der Waals surface area (Å²) in [7, 11) is -3.07. The van der Waals surface area contributed by atoms with Gasteiger partial charge in [0.1, 0.15) is 0 Å². The first kappa shape index (κ1) is 16.9. The minimum atomic E-state index is -3.07. The lowest BCUT2D eigenvalue weighted by Gasteiger charge is -2.36. The monoisotopic (exact) mass is 291 g/mol. The number of sulfone groups is 1. The summed E-state index contributed by atoms with van der Waals surface area (Å²) in [5.74, 6) is 0.187. The summed E-state index contributed by atoms with van der Waals surface area (Å²) in [4.78, 5) is 0. The lowest BCUT2D eigenvalue weighted by molar-refractivity contribution is -0.0776. The molecule has 1 saturated heterocycles. The van der Waals surface area contributed by atoms with Crippen LogP contribution in [0.5, 0.6) is 0 Å². The van der Waals surface area contributed by atoms with Gasteiger partial charge in [-0.2, -0.15) is 0 Å². The van der Waals surface area contributed by atoms with Crippen LogP contribution in [-0.4, -0.2) is 43.7 Å². The largest absolute Gasteiger partial charge is 0.369 e. The molecule has 1 rings (SSSR count). The smallest absolute Gasteiger partial charge is 0.151 e. The molecule has 1 aliphatic rings. The van der Waals surface area contributed by atoms with E-state index in [1.807, 2.05) is 6.92 Å². The maximum Gasteiger partial charge on any atom is 0.151 e. The van der Waals surface area contributed by atoms with Gasteiger partial charge >= 0.3 is 0 Å². The molecule has 1 fully saturated rings. The van der Waals surface area contributed by atoms with E-state index in [1.54, 1.807) is 6.92 Å². The molecule has 5 heteroatoms. The van der Waals surface area contributed by atoms with Gasteiger partial charge < -0.3 is 10.1 Å². The molecule has 0 amide bonds. The third kappa shape index (κ3) is 3.92. The SMILES string of the molecule is CCNC(C1CC(C)(C)OC1(C)C)C(C)S(C)(=O)=O. The van der Waals surface area contributed by atoms with E-state index in [0.717, 1.165) is 13.0 Å². The average molecular weight is 291 g/mol. The number of ether oxygens (including phenoxy) is 1. The van der Waals surface area contributed by atoms with Crippen molar-refractivity contribution in [3.05, 3.63) is 0 Å². The quantitative estimate of drug-likeness (QED) is 0.841. The topological polar surface area (TPSA) is 55.4 Å². The Morgan fingerprint density at radius 1 is 1.32 bits per heavy atom. The highest BCUT2D eigenvalue weighted by molar-refractivity contribution is 7.91. The Bertz CT molecular complexity index is 414. The van der Waals surface area contributed by atoms with Crippen LogP contribution in [0.25, 0.3) is 0 Å². The van der Waals surface area contributed by atoms with Crippen molar-refractivity contribution in [2.24, 2.45) is 5.92 Å². The Morgan fingerprint density at radius 2 is 1.84 bits per heavy atom. The van der Waals surface area contributed by atoms with Gasteiger partial charge in [-0.25, -0.2) is 8.42 Å². The predicted molar refractivity (Wildman–Crippen MR) is 79.1 cm³/mol. The molecule has 0 spiro atoms. The molecule has 3 atom stereocenters. The first-order valence-electron chi connectivity index (χ1n) is 7.03. The molecule has 1 heterocycles. The van der Waals surface area contributed by atoms with Crippen LogP contribution in [-0.2, 0) is 14.6 Å². The summed E-state index contributed by atoms with van der Waals surface area (Å²) >= 11 is 0. The minimum Gasteiger partial charge on any atom is -0.369 e. The van der Waals surface area contributed by atoms with Crippen molar-refractivity contribution in [3.63, 3.8) is 0 Å². The van der Waals surface area contributed by atoms with E-state index in [9.17, 15) is 8.42 Å². The Labute approximate surface area is 118 Å². The maximum absolute atomic E-state index is 11.9. The second-order valence-corrected chi connectivity index (χ2v) is 9.30. The summed E-state index contributed by atoms with van der Waals surface area (Å²) in [5.41, 5.74) is -0.506. The highest BCUT2D eigenvalue weighted by atomic mass is 32.2. The Hall–Kier alpha value is -0.130. The second kappa shape index (κ2) is 5.34. The Balaban J connectivity index is 3.07. The van der Waals surface area contributed by atoms with E-state index in [4.69, 9.17) is 4.74 Å². The van der Waals surface area contributed by atoms with Crippen LogP contribution in [0.4, 0.5) is 0 Å². The lowest BCUT2D eigenvalue weighted by atomic mass is 9.80. The second-order valence-electron chi connectivity index (χ2n) is 6.89. The molecule has 0 bridgehead atoms. The summed E-state index contributed by atoms with van der Waals surface area (Å²) in [5, 5.41) is 2.96. The van der Waals surface area contributed by atoms with Gasteiger partial charge in [-0.1, -0.05) is 6.92 Å². The van der Waals surface area contributed by atoms with Gasteiger partial charge in [-0.05, 0) is 47.6 Å². The first-order chi connectivity index (χ1) is 8.41. The zero-order chi connectivity index (χ0) is 15.1. The third-order valence-electron chi connectivity index (χ3n) is 4.20. The van der Waals surface area contributed by atoms with Gasteiger partial charge in [0.05, 0.1) is 16.5 Å². The Morgan fingerprint density at radius 3 is 2.16 bits per heavy atom. The molecule has 4 nitrogen and oxygen atoms in total. The molecule has 1 aliphatic heterocycles. The van der Waals surface area contributed by atoms with Crippen molar-refractivity contribution in [1.29, 1.82) is 0 Å². The zero-order valence-electron chi connectivity index (χ0n) is 13.3.